The molecule has 3 aromatic rings. The van der Waals surface area contributed by atoms with Gasteiger partial charge in [0.05, 0.1) is 18.8 Å². The molecule has 1 aliphatic rings. The summed E-state index contributed by atoms with van der Waals surface area (Å²) in [6.07, 6.45) is -3.21. The van der Waals surface area contributed by atoms with Crippen molar-refractivity contribution in [1.82, 2.24) is 4.98 Å². The highest BCUT2D eigenvalue weighted by molar-refractivity contribution is 6.04. The lowest BCUT2D eigenvalue weighted by molar-refractivity contribution is -0.274. The maximum atomic E-state index is 12.7. The number of amides is 1. The third kappa shape index (κ3) is 5.81. The van der Waals surface area contributed by atoms with Crippen molar-refractivity contribution in [3.05, 3.63) is 71.9 Å². The Bertz CT molecular complexity index is 1130. The molecule has 0 bridgehead atoms. The molecular weight excluding hydrogens is 435 g/mol. The van der Waals surface area contributed by atoms with Crippen molar-refractivity contribution < 1.29 is 27.4 Å². The Hall–Kier alpha value is -3.59. The van der Waals surface area contributed by atoms with Gasteiger partial charge < -0.3 is 19.7 Å². The van der Waals surface area contributed by atoms with Crippen LogP contribution in [0.3, 0.4) is 0 Å². The van der Waals surface area contributed by atoms with Crippen molar-refractivity contribution in [2.45, 2.75) is 13.3 Å². The summed E-state index contributed by atoms with van der Waals surface area (Å²) < 4.78 is 46.7. The lowest BCUT2D eigenvalue weighted by Gasteiger charge is -2.27. The molecule has 9 heteroatoms. The molecule has 1 amide bonds. The van der Waals surface area contributed by atoms with Crippen LogP contribution in [-0.2, 0) is 4.74 Å². The van der Waals surface area contributed by atoms with Crippen LogP contribution in [0.4, 0.5) is 24.7 Å². The van der Waals surface area contributed by atoms with E-state index in [9.17, 15) is 18.0 Å². The number of halogens is 3. The normalized spacial score (nSPS) is 14.1. The Morgan fingerprint density at radius 2 is 1.88 bits per heavy atom. The predicted octanol–water partition coefficient (Wildman–Crippen LogP) is 5.04. The van der Waals surface area contributed by atoms with Crippen LogP contribution in [0.2, 0.25) is 0 Å². The second kappa shape index (κ2) is 9.50. The monoisotopic (exact) mass is 457 g/mol. The fourth-order valence-electron chi connectivity index (χ4n) is 3.62. The quantitative estimate of drug-likeness (QED) is 0.581. The Morgan fingerprint density at radius 1 is 1.09 bits per heavy atom. The molecule has 0 atom stereocenters. The van der Waals surface area contributed by atoms with Crippen LogP contribution >= 0.6 is 0 Å². The molecular formula is C24H22F3N3O3. The second-order valence-corrected chi connectivity index (χ2v) is 7.56. The van der Waals surface area contributed by atoms with Crippen molar-refractivity contribution in [3.8, 4) is 16.9 Å². The zero-order valence-electron chi connectivity index (χ0n) is 17.9. The Morgan fingerprint density at radius 3 is 2.55 bits per heavy atom. The molecule has 4 rings (SSSR count). The van der Waals surface area contributed by atoms with E-state index in [0.717, 1.165) is 30.0 Å². The Kier molecular flexibility index (Phi) is 6.50. The smallest absolute Gasteiger partial charge is 0.406 e. The molecule has 6 nitrogen and oxygen atoms in total. The lowest BCUT2D eigenvalue weighted by atomic mass is 10.00. The van der Waals surface area contributed by atoms with E-state index in [1.54, 1.807) is 37.3 Å². The summed E-state index contributed by atoms with van der Waals surface area (Å²) in [5.74, 6) is 0.213. The molecule has 2 aromatic carbocycles. The number of carbonyl (C=O) groups is 1. The maximum Gasteiger partial charge on any atom is 0.573 e. The summed E-state index contributed by atoms with van der Waals surface area (Å²) in [5.41, 5.74) is 3.08. The maximum absolute atomic E-state index is 12.7. The summed E-state index contributed by atoms with van der Waals surface area (Å²) in [6, 6.07) is 14.8. The van der Waals surface area contributed by atoms with Crippen LogP contribution in [0, 0.1) is 6.92 Å². The lowest BCUT2D eigenvalue weighted by Crippen LogP contribution is -2.36. The van der Waals surface area contributed by atoms with E-state index < -0.39 is 6.36 Å². The second-order valence-electron chi connectivity index (χ2n) is 7.56. The molecule has 0 radical (unpaired) electrons. The Balaban J connectivity index is 1.46. The van der Waals surface area contributed by atoms with E-state index in [1.165, 1.54) is 18.3 Å². The van der Waals surface area contributed by atoms with Crippen molar-refractivity contribution in [1.29, 1.82) is 0 Å². The fourth-order valence-corrected chi connectivity index (χ4v) is 3.62. The topological polar surface area (TPSA) is 63.7 Å². The molecule has 2 heterocycles. The number of nitrogens with one attached hydrogen (secondary N) is 1. The molecule has 0 saturated carbocycles. The number of pyridine rings is 1. The number of aromatic nitrogens is 1. The molecule has 1 fully saturated rings. The van der Waals surface area contributed by atoms with Gasteiger partial charge in [0.25, 0.3) is 5.91 Å². The minimum Gasteiger partial charge on any atom is -0.406 e. The Labute approximate surface area is 189 Å². The number of rotatable bonds is 5. The van der Waals surface area contributed by atoms with E-state index in [2.05, 4.69) is 19.9 Å². The van der Waals surface area contributed by atoms with Gasteiger partial charge in [-0.05, 0) is 60.0 Å². The van der Waals surface area contributed by atoms with Crippen molar-refractivity contribution in [3.63, 3.8) is 0 Å². The summed E-state index contributed by atoms with van der Waals surface area (Å²) in [7, 11) is 0. The molecule has 1 aliphatic heterocycles. The number of anilines is 2. The van der Waals surface area contributed by atoms with E-state index in [1.807, 2.05) is 12.1 Å². The first-order valence-corrected chi connectivity index (χ1v) is 10.4. The van der Waals surface area contributed by atoms with Crippen molar-refractivity contribution in [2.24, 2.45) is 0 Å². The zero-order valence-corrected chi connectivity index (χ0v) is 17.9. The van der Waals surface area contributed by atoms with Gasteiger partial charge in [-0.2, -0.15) is 0 Å². The largest absolute Gasteiger partial charge is 0.573 e. The molecule has 0 aliphatic carbocycles. The van der Waals surface area contributed by atoms with Gasteiger partial charge in [0, 0.05) is 25.0 Å². The minimum absolute atomic E-state index is 0.277. The van der Waals surface area contributed by atoms with Gasteiger partial charge in [0.15, 0.2) is 0 Å². The number of aryl methyl sites for hydroxylation is 1. The predicted molar refractivity (Wildman–Crippen MR) is 119 cm³/mol. The average molecular weight is 457 g/mol. The van der Waals surface area contributed by atoms with Crippen LogP contribution in [-0.4, -0.2) is 43.6 Å². The minimum atomic E-state index is -4.74. The van der Waals surface area contributed by atoms with Crippen molar-refractivity contribution in [2.75, 3.05) is 36.5 Å². The highest BCUT2D eigenvalue weighted by atomic mass is 19.4. The first kappa shape index (κ1) is 22.6. The highest BCUT2D eigenvalue weighted by Gasteiger charge is 2.31. The van der Waals surface area contributed by atoms with Crippen LogP contribution in [0.15, 0.2) is 60.8 Å². The highest BCUT2D eigenvalue weighted by Crippen LogP contribution is 2.31. The van der Waals surface area contributed by atoms with Crippen molar-refractivity contribution >= 4 is 17.4 Å². The van der Waals surface area contributed by atoms with E-state index >= 15 is 0 Å². The number of hydrogen-bond acceptors (Lipinski definition) is 5. The van der Waals surface area contributed by atoms with E-state index in [-0.39, 0.29) is 11.7 Å². The summed E-state index contributed by atoms with van der Waals surface area (Å²) in [4.78, 5) is 19.2. The number of morpholine rings is 1. The van der Waals surface area contributed by atoms with E-state index in [4.69, 9.17) is 4.74 Å². The van der Waals surface area contributed by atoms with Gasteiger partial charge in [-0.25, -0.2) is 4.98 Å². The van der Waals surface area contributed by atoms with Gasteiger partial charge in [-0.3, -0.25) is 4.79 Å². The SMILES string of the molecule is Cc1cc(OC(F)(F)F)ccc1-c1cccc(NC(=O)c2ccc(N3CCOCC3)nc2)c1. The van der Waals surface area contributed by atoms with Crippen LogP contribution in [0.5, 0.6) is 5.75 Å². The number of carbonyl (C=O) groups excluding carboxylic acids is 1. The molecule has 1 saturated heterocycles. The van der Waals surface area contributed by atoms with E-state index in [0.29, 0.717) is 30.0 Å². The summed E-state index contributed by atoms with van der Waals surface area (Å²) in [5, 5.41) is 2.84. The molecule has 172 valence electrons. The first-order valence-electron chi connectivity index (χ1n) is 10.4. The van der Waals surface area contributed by atoms with Gasteiger partial charge in [0.1, 0.15) is 11.6 Å². The number of ether oxygens (including phenoxy) is 2. The van der Waals surface area contributed by atoms with Gasteiger partial charge in [-0.15, -0.1) is 13.2 Å². The molecule has 33 heavy (non-hydrogen) atoms. The van der Waals surface area contributed by atoms with Crippen LogP contribution in [0.1, 0.15) is 15.9 Å². The number of alkyl halides is 3. The molecule has 1 N–H and O–H groups in total. The summed E-state index contributed by atoms with van der Waals surface area (Å²) >= 11 is 0. The number of nitrogens with zero attached hydrogens (tertiary/aromatic N) is 2. The van der Waals surface area contributed by atoms with Gasteiger partial charge in [0.2, 0.25) is 0 Å². The van der Waals surface area contributed by atoms with Gasteiger partial charge in [-0.1, -0.05) is 18.2 Å². The van der Waals surface area contributed by atoms with Gasteiger partial charge >= 0.3 is 6.36 Å². The zero-order chi connectivity index (χ0) is 23.4. The number of benzene rings is 2. The van der Waals surface area contributed by atoms with Crippen LogP contribution in [0.25, 0.3) is 11.1 Å². The molecule has 1 aromatic heterocycles. The third-order valence-corrected chi connectivity index (χ3v) is 5.21. The standard InChI is InChI=1S/C24H22F3N3O3/c1-16-13-20(33-24(25,26)27)6-7-21(16)17-3-2-4-19(14-17)29-23(31)18-5-8-22(28-15-18)30-9-11-32-12-10-30/h2-8,13-15H,9-12H2,1H3,(H,29,31). The average Bonchev–Trinajstić information content (AvgIpc) is 2.79. The number of hydrogen-bond donors (Lipinski definition) is 1. The molecule has 0 spiro atoms. The third-order valence-electron chi connectivity index (χ3n) is 5.21. The fraction of sp³-hybridized carbons (Fsp3) is 0.250. The van der Waals surface area contributed by atoms with Crippen LogP contribution < -0.4 is 15.0 Å². The summed E-state index contributed by atoms with van der Waals surface area (Å²) in [6.45, 7) is 4.52. The molecule has 0 unspecified atom stereocenters. The first-order chi connectivity index (χ1) is 15.8.